The van der Waals surface area contributed by atoms with Crippen molar-refractivity contribution in [2.45, 2.75) is 13.3 Å². The average molecular weight is 294 g/mol. The SMILES string of the molecule is CCc1ccc(N=Cc2cc(Cl)c(O)c(Cl)c2)cc1. The Kier molecular flexibility index (Phi) is 4.46. The molecule has 0 aliphatic rings. The third kappa shape index (κ3) is 3.49. The Labute approximate surface area is 122 Å². The number of phenols is 1. The van der Waals surface area contributed by atoms with Crippen LogP contribution in [0.3, 0.4) is 0 Å². The van der Waals surface area contributed by atoms with Gasteiger partial charge in [0.1, 0.15) is 0 Å². The number of aromatic hydroxyl groups is 1. The predicted octanol–water partition coefficient (Wildman–Crippen LogP) is 5.01. The number of hydrogen-bond donors (Lipinski definition) is 1. The summed E-state index contributed by atoms with van der Waals surface area (Å²) in [5, 5.41) is 9.90. The maximum atomic E-state index is 9.47. The van der Waals surface area contributed by atoms with Gasteiger partial charge in [0.15, 0.2) is 5.75 Å². The van der Waals surface area contributed by atoms with Crippen molar-refractivity contribution in [3.63, 3.8) is 0 Å². The van der Waals surface area contributed by atoms with Gasteiger partial charge in [0.2, 0.25) is 0 Å². The fraction of sp³-hybridized carbons (Fsp3) is 0.133. The molecule has 0 spiro atoms. The van der Waals surface area contributed by atoms with Gasteiger partial charge >= 0.3 is 0 Å². The second kappa shape index (κ2) is 6.09. The Morgan fingerprint density at radius 2 is 1.68 bits per heavy atom. The highest BCUT2D eigenvalue weighted by molar-refractivity contribution is 6.37. The van der Waals surface area contributed by atoms with Crippen molar-refractivity contribution in [3.8, 4) is 5.75 Å². The minimum atomic E-state index is -0.104. The van der Waals surface area contributed by atoms with Gasteiger partial charge < -0.3 is 5.11 Å². The van der Waals surface area contributed by atoms with E-state index in [9.17, 15) is 5.11 Å². The predicted molar refractivity (Wildman–Crippen MR) is 81.2 cm³/mol. The average Bonchev–Trinajstić information content (AvgIpc) is 2.43. The van der Waals surface area contributed by atoms with Gasteiger partial charge in [-0.25, -0.2) is 0 Å². The minimum Gasteiger partial charge on any atom is -0.505 e. The van der Waals surface area contributed by atoms with Crippen LogP contribution in [-0.2, 0) is 6.42 Å². The number of aryl methyl sites for hydroxylation is 1. The van der Waals surface area contributed by atoms with E-state index < -0.39 is 0 Å². The monoisotopic (exact) mass is 293 g/mol. The van der Waals surface area contributed by atoms with Crippen LogP contribution >= 0.6 is 23.2 Å². The van der Waals surface area contributed by atoms with E-state index in [1.165, 1.54) is 5.56 Å². The van der Waals surface area contributed by atoms with Crippen molar-refractivity contribution >= 4 is 35.1 Å². The highest BCUT2D eigenvalue weighted by atomic mass is 35.5. The zero-order valence-electron chi connectivity index (χ0n) is 10.4. The molecule has 0 saturated carbocycles. The van der Waals surface area contributed by atoms with Crippen LogP contribution in [0.5, 0.6) is 5.75 Å². The van der Waals surface area contributed by atoms with Crippen LogP contribution in [0.1, 0.15) is 18.1 Å². The van der Waals surface area contributed by atoms with Crippen molar-refractivity contribution in [3.05, 3.63) is 57.6 Å². The topological polar surface area (TPSA) is 32.6 Å². The molecule has 0 aliphatic heterocycles. The molecule has 4 heteroatoms. The molecule has 2 nitrogen and oxygen atoms in total. The zero-order chi connectivity index (χ0) is 13.8. The van der Waals surface area contributed by atoms with Gasteiger partial charge in [-0.2, -0.15) is 0 Å². The van der Waals surface area contributed by atoms with Gasteiger partial charge in [-0.1, -0.05) is 42.3 Å². The van der Waals surface area contributed by atoms with E-state index in [1.54, 1.807) is 18.3 Å². The Morgan fingerprint density at radius 1 is 1.11 bits per heavy atom. The number of nitrogens with zero attached hydrogens (tertiary/aromatic N) is 1. The Hall–Kier alpha value is -1.51. The first-order chi connectivity index (χ1) is 9.10. The summed E-state index contributed by atoms with van der Waals surface area (Å²) in [6.45, 7) is 2.11. The second-order valence-electron chi connectivity index (χ2n) is 4.11. The molecule has 0 unspecified atom stereocenters. The third-order valence-corrected chi connectivity index (χ3v) is 3.32. The summed E-state index contributed by atoms with van der Waals surface area (Å²) < 4.78 is 0. The molecule has 0 heterocycles. The maximum absolute atomic E-state index is 9.47. The zero-order valence-corrected chi connectivity index (χ0v) is 11.9. The summed E-state index contributed by atoms with van der Waals surface area (Å²) >= 11 is 11.7. The minimum absolute atomic E-state index is 0.104. The molecule has 0 atom stereocenters. The number of halogens is 2. The summed E-state index contributed by atoms with van der Waals surface area (Å²) in [7, 11) is 0. The van der Waals surface area contributed by atoms with Crippen LogP contribution < -0.4 is 0 Å². The van der Waals surface area contributed by atoms with E-state index in [-0.39, 0.29) is 15.8 Å². The summed E-state index contributed by atoms with van der Waals surface area (Å²) in [5.41, 5.74) is 2.87. The van der Waals surface area contributed by atoms with E-state index in [0.29, 0.717) is 0 Å². The van der Waals surface area contributed by atoms with E-state index in [4.69, 9.17) is 23.2 Å². The molecule has 0 aromatic heterocycles. The number of hydrogen-bond acceptors (Lipinski definition) is 2. The van der Waals surface area contributed by atoms with Crippen LogP contribution in [0.4, 0.5) is 5.69 Å². The van der Waals surface area contributed by atoms with Gasteiger partial charge in [0.05, 0.1) is 15.7 Å². The number of benzene rings is 2. The first-order valence-electron chi connectivity index (χ1n) is 5.91. The molecule has 2 aromatic rings. The lowest BCUT2D eigenvalue weighted by Crippen LogP contribution is -1.83. The summed E-state index contributed by atoms with van der Waals surface area (Å²) in [6.07, 6.45) is 2.67. The molecule has 98 valence electrons. The Bertz CT molecular complexity index is 583. The smallest absolute Gasteiger partial charge is 0.152 e. The largest absolute Gasteiger partial charge is 0.505 e. The summed E-state index contributed by atoms with van der Waals surface area (Å²) in [5.74, 6) is -0.104. The van der Waals surface area contributed by atoms with Crippen molar-refractivity contribution in [2.75, 3.05) is 0 Å². The molecule has 0 bridgehead atoms. The summed E-state index contributed by atoms with van der Waals surface area (Å²) in [4.78, 5) is 4.34. The Morgan fingerprint density at radius 3 is 2.21 bits per heavy atom. The van der Waals surface area contributed by atoms with Gasteiger partial charge in [-0.3, -0.25) is 4.99 Å². The highest BCUT2D eigenvalue weighted by Crippen LogP contribution is 2.32. The van der Waals surface area contributed by atoms with Crippen molar-refractivity contribution in [1.29, 1.82) is 0 Å². The molecule has 0 radical (unpaired) electrons. The van der Waals surface area contributed by atoms with E-state index in [0.717, 1.165) is 17.7 Å². The van der Waals surface area contributed by atoms with E-state index in [1.807, 2.05) is 24.3 Å². The van der Waals surface area contributed by atoms with Crippen LogP contribution in [0, 0.1) is 0 Å². The van der Waals surface area contributed by atoms with Gasteiger partial charge in [-0.15, -0.1) is 0 Å². The number of rotatable bonds is 3. The molecular formula is C15H13Cl2NO. The molecule has 19 heavy (non-hydrogen) atoms. The standard InChI is InChI=1S/C15H13Cl2NO/c1-2-10-3-5-12(6-4-10)18-9-11-7-13(16)15(19)14(17)8-11/h3-9,19H,2H2,1H3. The fourth-order valence-electron chi connectivity index (χ4n) is 1.63. The number of aliphatic imine (C=N–C) groups is 1. The van der Waals surface area contributed by atoms with Crippen molar-refractivity contribution in [1.82, 2.24) is 0 Å². The molecule has 2 rings (SSSR count). The van der Waals surface area contributed by atoms with Crippen LogP contribution in [0.15, 0.2) is 41.4 Å². The molecule has 0 fully saturated rings. The lowest BCUT2D eigenvalue weighted by molar-refractivity contribution is 0.476. The van der Waals surface area contributed by atoms with Gasteiger partial charge in [0, 0.05) is 6.21 Å². The second-order valence-corrected chi connectivity index (χ2v) is 4.93. The van der Waals surface area contributed by atoms with Gasteiger partial charge in [0.25, 0.3) is 0 Å². The first-order valence-corrected chi connectivity index (χ1v) is 6.66. The molecule has 1 N–H and O–H groups in total. The third-order valence-electron chi connectivity index (χ3n) is 2.75. The summed E-state index contributed by atoms with van der Waals surface area (Å²) in [6, 6.07) is 11.2. The quantitative estimate of drug-likeness (QED) is 0.793. The molecule has 0 aliphatic carbocycles. The molecule has 2 aromatic carbocycles. The number of phenolic OH excluding ortho intramolecular Hbond substituents is 1. The normalized spacial score (nSPS) is 11.1. The Balaban J connectivity index is 2.22. The maximum Gasteiger partial charge on any atom is 0.152 e. The van der Waals surface area contributed by atoms with Gasteiger partial charge in [-0.05, 0) is 41.8 Å². The van der Waals surface area contributed by atoms with Crippen LogP contribution in [0.2, 0.25) is 10.0 Å². The molecular weight excluding hydrogens is 281 g/mol. The lowest BCUT2D eigenvalue weighted by atomic mass is 10.1. The van der Waals surface area contributed by atoms with E-state index in [2.05, 4.69) is 11.9 Å². The lowest BCUT2D eigenvalue weighted by Gasteiger charge is -2.01. The molecule has 0 saturated heterocycles. The first kappa shape index (κ1) is 13.9. The molecule has 0 amide bonds. The van der Waals surface area contributed by atoms with Crippen molar-refractivity contribution in [2.24, 2.45) is 4.99 Å². The van der Waals surface area contributed by atoms with Crippen LogP contribution in [-0.4, -0.2) is 11.3 Å². The van der Waals surface area contributed by atoms with E-state index >= 15 is 0 Å². The highest BCUT2D eigenvalue weighted by Gasteiger charge is 2.05. The van der Waals surface area contributed by atoms with Crippen LogP contribution in [0.25, 0.3) is 0 Å². The fourth-order valence-corrected chi connectivity index (χ4v) is 2.13. The van der Waals surface area contributed by atoms with Crippen molar-refractivity contribution < 1.29 is 5.11 Å².